The number of nitrogens with one attached hydrogen (secondary N) is 1. The molecule has 0 spiro atoms. The highest BCUT2D eigenvalue weighted by atomic mass is 79.9. The van der Waals surface area contributed by atoms with E-state index in [4.69, 9.17) is 21.1 Å². The molecule has 0 fully saturated rings. The smallest absolute Gasteiger partial charge is 0.264 e. The fraction of sp³-hybridized carbons (Fsp3) is 0.130. The molecule has 0 bridgehead atoms. The monoisotopic (exact) mass is 565 g/mol. The zero-order chi connectivity index (χ0) is 24.7. The molecule has 1 amide bonds. The van der Waals surface area contributed by atoms with Gasteiger partial charge in [-0.2, -0.15) is 5.10 Å². The molecule has 0 radical (unpaired) electrons. The minimum Gasteiger partial charge on any atom is -0.493 e. The van der Waals surface area contributed by atoms with Crippen LogP contribution in [0.1, 0.15) is 5.56 Å². The van der Waals surface area contributed by atoms with Crippen molar-refractivity contribution >= 4 is 55.4 Å². The average Bonchev–Trinajstić information content (AvgIpc) is 2.83. The number of para-hydroxylation sites is 1. The van der Waals surface area contributed by atoms with E-state index in [1.807, 2.05) is 0 Å². The highest BCUT2D eigenvalue weighted by molar-refractivity contribution is 9.10. The number of benzene rings is 3. The lowest BCUT2D eigenvalue weighted by Crippen LogP contribution is -2.39. The highest BCUT2D eigenvalue weighted by Crippen LogP contribution is 2.36. The number of hydrogen-bond donors (Lipinski definition) is 1. The Morgan fingerprint density at radius 3 is 2.41 bits per heavy atom. The summed E-state index contributed by atoms with van der Waals surface area (Å²) in [6.07, 6.45) is 1.40. The third-order valence-electron chi connectivity index (χ3n) is 4.60. The molecule has 8 nitrogen and oxygen atoms in total. The van der Waals surface area contributed by atoms with Gasteiger partial charge in [0.05, 0.1) is 40.5 Å². The van der Waals surface area contributed by atoms with Crippen LogP contribution in [-0.4, -0.2) is 41.3 Å². The van der Waals surface area contributed by atoms with Crippen molar-refractivity contribution in [2.75, 3.05) is 25.1 Å². The number of methoxy groups -OCH3 is 2. The average molecular weight is 567 g/mol. The molecule has 0 atom stereocenters. The lowest BCUT2D eigenvalue weighted by molar-refractivity contribution is -0.119. The first-order valence-electron chi connectivity index (χ1n) is 9.83. The lowest BCUT2D eigenvalue weighted by atomic mass is 10.2. The first-order valence-corrected chi connectivity index (χ1v) is 12.4. The molecule has 0 aliphatic rings. The van der Waals surface area contributed by atoms with E-state index in [0.717, 1.165) is 4.31 Å². The van der Waals surface area contributed by atoms with Crippen molar-refractivity contribution in [3.8, 4) is 11.5 Å². The molecular weight excluding hydrogens is 546 g/mol. The first kappa shape index (κ1) is 25.5. The zero-order valence-corrected chi connectivity index (χ0v) is 21.4. The normalized spacial score (nSPS) is 11.3. The number of carbonyl (C=O) groups excluding carboxylic acids is 1. The maximum absolute atomic E-state index is 13.3. The summed E-state index contributed by atoms with van der Waals surface area (Å²) < 4.78 is 38.7. The number of hydrogen-bond acceptors (Lipinski definition) is 6. The number of amides is 1. The SMILES string of the molecule is COc1cc(/C=N/NC(=O)CN(c2ccccc2Cl)S(=O)(=O)c2ccccc2)cc(Br)c1OC. The van der Waals surface area contributed by atoms with Crippen molar-refractivity contribution in [2.24, 2.45) is 5.10 Å². The second-order valence-corrected chi connectivity index (χ2v) is 9.93. The Labute approximate surface area is 211 Å². The van der Waals surface area contributed by atoms with Crippen molar-refractivity contribution in [1.29, 1.82) is 0 Å². The van der Waals surface area contributed by atoms with Crippen molar-refractivity contribution < 1.29 is 22.7 Å². The van der Waals surface area contributed by atoms with Crippen LogP contribution in [-0.2, 0) is 14.8 Å². The first-order chi connectivity index (χ1) is 16.3. The second kappa shape index (κ2) is 11.4. The molecule has 0 aliphatic carbocycles. The van der Waals surface area contributed by atoms with E-state index in [0.29, 0.717) is 21.5 Å². The summed E-state index contributed by atoms with van der Waals surface area (Å²) in [7, 11) is -1.05. The quantitative estimate of drug-likeness (QED) is 0.305. The van der Waals surface area contributed by atoms with Gasteiger partial charge >= 0.3 is 0 Å². The van der Waals surface area contributed by atoms with E-state index in [9.17, 15) is 13.2 Å². The molecule has 0 saturated carbocycles. The molecule has 3 aromatic rings. The Balaban J connectivity index is 1.83. The van der Waals surface area contributed by atoms with Gasteiger partial charge in [0.2, 0.25) is 0 Å². The van der Waals surface area contributed by atoms with Crippen LogP contribution in [0.25, 0.3) is 0 Å². The standard InChI is InChI=1S/C23H21BrClN3O5S/c1-32-21-13-16(12-18(24)23(21)33-2)14-26-27-22(29)15-28(20-11-7-6-10-19(20)25)34(30,31)17-8-4-3-5-9-17/h3-14H,15H2,1-2H3,(H,27,29)/b26-14+. The van der Waals surface area contributed by atoms with Crippen molar-refractivity contribution in [2.45, 2.75) is 4.90 Å². The number of carbonyl (C=O) groups is 1. The van der Waals surface area contributed by atoms with Gasteiger partial charge in [0.25, 0.3) is 15.9 Å². The molecule has 34 heavy (non-hydrogen) atoms. The summed E-state index contributed by atoms with van der Waals surface area (Å²) in [4.78, 5) is 12.7. The van der Waals surface area contributed by atoms with E-state index in [-0.39, 0.29) is 15.6 Å². The molecule has 0 aliphatic heterocycles. The van der Waals surface area contributed by atoms with Crippen molar-refractivity contribution in [1.82, 2.24) is 5.43 Å². The summed E-state index contributed by atoms with van der Waals surface area (Å²) in [6.45, 7) is -0.534. The Hall–Kier alpha value is -3.08. The summed E-state index contributed by atoms with van der Waals surface area (Å²) in [5.41, 5.74) is 3.15. The molecule has 3 aromatic carbocycles. The van der Waals surface area contributed by atoms with Gasteiger partial charge in [0, 0.05) is 0 Å². The number of halogens is 2. The Morgan fingerprint density at radius 1 is 1.09 bits per heavy atom. The molecule has 3 rings (SSSR count). The van der Waals surface area contributed by atoms with Crippen LogP contribution in [0.5, 0.6) is 11.5 Å². The van der Waals surface area contributed by atoms with Crippen LogP contribution >= 0.6 is 27.5 Å². The minimum absolute atomic E-state index is 0.0291. The minimum atomic E-state index is -4.07. The van der Waals surface area contributed by atoms with Crippen LogP contribution < -0.4 is 19.2 Å². The van der Waals surface area contributed by atoms with Crippen LogP contribution in [0.3, 0.4) is 0 Å². The maximum atomic E-state index is 13.3. The van der Waals surface area contributed by atoms with E-state index in [1.165, 1.54) is 38.6 Å². The number of sulfonamides is 1. The topological polar surface area (TPSA) is 97.3 Å². The van der Waals surface area contributed by atoms with E-state index in [2.05, 4.69) is 26.5 Å². The Morgan fingerprint density at radius 2 is 1.76 bits per heavy atom. The summed E-state index contributed by atoms with van der Waals surface area (Å²) in [6, 6.07) is 17.6. The third kappa shape index (κ3) is 5.88. The molecular formula is C23H21BrClN3O5S. The van der Waals surface area contributed by atoms with Crippen molar-refractivity contribution in [3.63, 3.8) is 0 Å². The molecule has 0 unspecified atom stereocenters. The predicted octanol–water partition coefficient (Wildman–Crippen LogP) is 4.47. The molecule has 1 N–H and O–H groups in total. The van der Waals surface area contributed by atoms with Gasteiger partial charge in [-0.05, 0) is 57.9 Å². The van der Waals surface area contributed by atoms with Gasteiger partial charge < -0.3 is 9.47 Å². The van der Waals surface area contributed by atoms with Gasteiger partial charge in [-0.25, -0.2) is 13.8 Å². The van der Waals surface area contributed by atoms with E-state index in [1.54, 1.807) is 48.5 Å². The Kier molecular flexibility index (Phi) is 8.54. The molecule has 0 aromatic heterocycles. The summed E-state index contributed by atoms with van der Waals surface area (Å²) in [5, 5.41) is 4.13. The number of rotatable bonds is 9. The van der Waals surface area contributed by atoms with Gasteiger partial charge in [0.1, 0.15) is 6.54 Å². The van der Waals surface area contributed by atoms with Crippen LogP contribution in [0, 0.1) is 0 Å². The molecule has 178 valence electrons. The van der Waals surface area contributed by atoms with Gasteiger partial charge in [-0.1, -0.05) is 41.9 Å². The number of nitrogens with zero attached hydrogens (tertiary/aromatic N) is 2. The molecule has 0 saturated heterocycles. The number of anilines is 1. The third-order valence-corrected chi connectivity index (χ3v) is 7.28. The van der Waals surface area contributed by atoms with Crippen molar-refractivity contribution in [3.05, 3.63) is 81.8 Å². The van der Waals surface area contributed by atoms with Crippen LogP contribution in [0.2, 0.25) is 5.02 Å². The zero-order valence-electron chi connectivity index (χ0n) is 18.2. The predicted molar refractivity (Wildman–Crippen MR) is 135 cm³/mol. The lowest BCUT2D eigenvalue weighted by Gasteiger charge is -2.24. The highest BCUT2D eigenvalue weighted by Gasteiger charge is 2.28. The second-order valence-electron chi connectivity index (χ2n) is 6.81. The Bertz CT molecular complexity index is 1300. The molecule has 11 heteroatoms. The fourth-order valence-electron chi connectivity index (χ4n) is 3.03. The largest absolute Gasteiger partial charge is 0.493 e. The summed E-state index contributed by atoms with van der Waals surface area (Å²) in [5.74, 6) is 0.337. The van der Waals surface area contributed by atoms with Gasteiger partial charge in [-0.15, -0.1) is 0 Å². The number of hydrazone groups is 1. The van der Waals surface area contributed by atoms with Gasteiger partial charge in [0.15, 0.2) is 11.5 Å². The summed E-state index contributed by atoms with van der Waals surface area (Å²) >= 11 is 9.64. The maximum Gasteiger partial charge on any atom is 0.264 e. The van der Waals surface area contributed by atoms with Crippen LogP contribution in [0.15, 0.2) is 81.2 Å². The van der Waals surface area contributed by atoms with Crippen LogP contribution in [0.4, 0.5) is 5.69 Å². The number of ether oxygens (including phenoxy) is 2. The molecule has 0 heterocycles. The van der Waals surface area contributed by atoms with E-state index >= 15 is 0 Å². The fourth-order valence-corrected chi connectivity index (χ4v) is 5.40. The van der Waals surface area contributed by atoms with Gasteiger partial charge in [-0.3, -0.25) is 9.10 Å². The van der Waals surface area contributed by atoms with E-state index < -0.39 is 22.5 Å².